The van der Waals surface area contributed by atoms with Crippen molar-refractivity contribution in [2.45, 2.75) is 24.6 Å². The molecule has 34 heavy (non-hydrogen) atoms. The zero-order valence-corrected chi connectivity index (χ0v) is 18.9. The van der Waals surface area contributed by atoms with Crippen LogP contribution < -0.4 is 0 Å². The van der Waals surface area contributed by atoms with Crippen molar-refractivity contribution in [3.8, 4) is 5.69 Å². The van der Waals surface area contributed by atoms with E-state index >= 15 is 0 Å². The van der Waals surface area contributed by atoms with Crippen LogP contribution in [0.2, 0.25) is 0 Å². The average molecular weight is 535 g/mol. The summed E-state index contributed by atoms with van der Waals surface area (Å²) in [5, 5.41) is 7.88. The fourth-order valence-electron chi connectivity index (χ4n) is 4.92. The number of hydrogen-bond donors (Lipinski definition) is 1. The fraction of sp³-hybridized carbons (Fsp3) is 0.273. The first kappa shape index (κ1) is 21.3. The third-order valence-corrected chi connectivity index (χ3v) is 7.23. The van der Waals surface area contributed by atoms with E-state index in [1.54, 1.807) is 11.0 Å². The first-order valence-corrected chi connectivity index (χ1v) is 11.2. The van der Waals surface area contributed by atoms with Gasteiger partial charge in [-0.1, -0.05) is 0 Å². The second kappa shape index (κ2) is 7.11. The number of aromatic nitrogens is 5. The summed E-state index contributed by atoms with van der Waals surface area (Å²) < 4.78 is 54.4. The second-order valence-electron chi connectivity index (χ2n) is 8.49. The van der Waals surface area contributed by atoms with Crippen molar-refractivity contribution in [2.75, 3.05) is 6.54 Å². The highest BCUT2D eigenvalue weighted by Gasteiger charge is 2.66. The number of likely N-dealkylation sites (tertiary alicyclic amines) is 1. The van der Waals surface area contributed by atoms with E-state index in [0.29, 0.717) is 34.3 Å². The van der Waals surface area contributed by atoms with Crippen LogP contribution in [0.15, 0.2) is 47.2 Å². The fourth-order valence-corrected chi connectivity index (χ4v) is 5.27. The summed E-state index contributed by atoms with van der Waals surface area (Å²) >= 11 is 3.16. The SMILES string of the molecule is O=C(c1ccc(C(F)(F)F)cc1-n1nccn1)N1CC[C@@H]2C[C@@]21c1nc2cc(F)c(Br)cc2[nH]1. The smallest absolute Gasteiger partial charge is 0.340 e. The van der Waals surface area contributed by atoms with Gasteiger partial charge in [0.15, 0.2) is 0 Å². The minimum Gasteiger partial charge on any atom is -0.340 e. The Morgan fingerprint density at radius 3 is 2.65 bits per heavy atom. The van der Waals surface area contributed by atoms with Crippen LogP contribution in [0.3, 0.4) is 0 Å². The van der Waals surface area contributed by atoms with Crippen molar-refractivity contribution in [1.29, 1.82) is 0 Å². The number of H-pyrrole nitrogens is 1. The standard InChI is InChI=1S/C22H15BrF4N6O/c23-14-8-16-17(9-15(14)24)31-20(30-16)21-10-12(21)3-6-32(21)19(34)13-2-1-11(22(25,26)27)7-18(13)33-28-4-5-29-33/h1-2,4-5,7-9,12H,3,6,10H2,(H,30,31)/t12-,21+/m1/s1. The van der Waals surface area contributed by atoms with Crippen LogP contribution in [0, 0.1) is 11.7 Å². The number of piperidine rings is 1. The Morgan fingerprint density at radius 1 is 1.18 bits per heavy atom. The number of aromatic amines is 1. The molecule has 2 aromatic carbocycles. The van der Waals surface area contributed by atoms with Crippen molar-refractivity contribution in [1.82, 2.24) is 29.9 Å². The molecule has 4 aromatic rings. The Kier molecular flexibility index (Phi) is 4.45. The van der Waals surface area contributed by atoms with Gasteiger partial charge in [0.1, 0.15) is 17.2 Å². The molecule has 0 bridgehead atoms. The second-order valence-corrected chi connectivity index (χ2v) is 9.34. The molecule has 1 aliphatic carbocycles. The molecular formula is C22H15BrF4N6O. The molecule has 1 aliphatic heterocycles. The van der Waals surface area contributed by atoms with Crippen LogP contribution in [-0.2, 0) is 11.7 Å². The number of carbonyl (C=O) groups is 1. The Hall–Kier alpha value is -3.28. The van der Waals surface area contributed by atoms with Crippen LogP contribution >= 0.6 is 15.9 Å². The van der Waals surface area contributed by atoms with Gasteiger partial charge in [-0.3, -0.25) is 4.79 Å². The Bertz CT molecular complexity index is 1410. The van der Waals surface area contributed by atoms with Gasteiger partial charge < -0.3 is 9.88 Å². The van der Waals surface area contributed by atoms with E-state index in [1.807, 2.05) is 0 Å². The van der Waals surface area contributed by atoms with Gasteiger partial charge in [-0.15, -0.1) is 0 Å². The summed E-state index contributed by atoms with van der Waals surface area (Å²) in [6.45, 7) is 0.422. The lowest BCUT2D eigenvalue weighted by molar-refractivity contribution is -0.137. The van der Waals surface area contributed by atoms with Crippen LogP contribution in [0.4, 0.5) is 17.6 Å². The highest BCUT2D eigenvalue weighted by Crippen LogP contribution is 2.62. The van der Waals surface area contributed by atoms with Gasteiger partial charge in [0, 0.05) is 12.6 Å². The Morgan fingerprint density at radius 2 is 1.94 bits per heavy atom. The van der Waals surface area contributed by atoms with Gasteiger partial charge in [-0.2, -0.15) is 28.2 Å². The number of fused-ring (bicyclic) bond motifs is 2. The largest absolute Gasteiger partial charge is 0.416 e. The van der Waals surface area contributed by atoms with Crippen LogP contribution in [0.5, 0.6) is 0 Å². The highest BCUT2D eigenvalue weighted by atomic mass is 79.9. The number of alkyl halides is 3. The summed E-state index contributed by atoms with van der Waals surface area (Å²) in [5.41, 5.74) is -0.553. The minimum absolute atomic E-state index is 0.0558. The van der Waals surface area contributed by atoms with Crippen LogP contribution in [0.1, 0.15) is 34.6 Å². The topological polar surface area (TPSA) is 79.7 Å². The molecule has 12 heteroatoms. The monoisotopic (exact) mass is 534 g/mol. The molecule has 0 radical (unpaired) electrons. The molecule has 2 aliphatic rings. The lowest BCUT2D eigenvalue weighted by Gasteiger charge is -2.28. The normalized spacial score (nSPS) is 21.8. The van der Waals surface area contributed by atoms with Gasteiger partial charge >= 0.3 is 6.18 Å². The molecule has 1 amide bonds. The van der Waals surface area contributed by atoms with Crippen LogP contribution in [-0.4, -0.2) is 42.3 Å². The number of carbonyl (C=O) groups excluding carboxylic acids is 1. The average Bonchev–Trinajstić information content (AvgIpc) is 3.20. The number of rotatable bonds is 3. The first-order chi connectivity index (χ1) is 16.2. The third-order valence-electron chi connectivity index (χ3n) is 6.62. The molecule has 2 atom stereocenters. The van der Waals surface area contributed by atoms with E-state index in [9.17, 15) is 22.4 Å². The molecule has 1 saturated carbocycles. The van der Waals surface area contributed by atoms with Gasteiger partial charge in [0.25, 0.3) is 5.91 Å². The van der Waals surface area contributed by atoms with E-state index in [0.717, 1.165) is 23.4 Å². The quantitative estimate of drug-likeness (QED) is 0.382. The lowest BCUT2D eigenvalue weighted by Crippen LogP contribution is -2.39. The molecule has 2 fully saturated rings. The zero-order chi connectivity index (χ0) is 23.8. The molecule has 2 aromatic heterocycles. The number of hydrogen-bond acceptors (Lipinski definition) is 4. The lowest BCUT2D eigenvalue weighted by atomic mass is 10.1. The molecule has 1 saturated heterocycles. The molecule has 1 N–H and O–H groups in total. The molecular weight excluding hydrogens is 520 g/mol. The predicted octanol–water partition coefficient (Wildman–Crippen LogP) is 4.83. The van der Waals surface area contributed by atoms with E-state index in [2.05, 4.69) is 36.1 Å². The molecule has 6 rings (SSSR count). The van der Waals surface area contributed by atoms with E-state index in [-0.39, 0.29) is 17.2 Å². The van der Waals surface area contributed by atoms with Crippen molar-refractivity contribution in [3.05, 3.63) is 70.0 Å². The maximum atomic E-state index is 14.0. The molecule has 174 valence electrons. The number of halogens is 5. The van der Waals surface area contributed by atoms with Gasteiger partial charge in [0.2, 0.25) is 0 Å². The third kappa shape index (κ3) is 3.07. The summed E-state index contributed by atoms with van der Waals surface area (Å²) in [6.07, 6.45) is -0.532. The minimum atomic E-state index is -4.59. The van der Waals surface area contributed by atoms with E-state index < -0.39 is 29.0 Å². The number of benzene rings is 2. The molecule has 3 heterocycles. The molecule has 7 nitrogen and oxygen atoms in total. The zero-order valence-electron chi connectivity index (χ0n) is 17.3. The molecule has 0 unspecified atom stereocenters. The number of nitrogens with zero attached hydrogens (tertiary/aromatic N) is 5. The van der Waals surface area contributed by atoms with Crippen molar-refractivity contribution in [2.24, 2.45) is 5.92 Å². The van der Waals surface area contributed by atoms with Gasteiger partial charge in [0.05, 0.1) is 44.7 Å². The van der Waals surface area contributed by atoms with E-state index in [1.165, 1.54) is 24.5 Å². The summed E-state index contributed by atoms with van der Waals surface area (Å²) in [6, 6.07) is 5.83. The maximum Gasteiger partial charge on any atom is 0.416 e. The van der Waals surface area contributed by atoms with Crippen molar-refractivity contribution >= 4 is 32.9 Å². The van der Waals surface area contributed by atoms with Crippen molar-refractivity contribution < 1.29 is 22.4 Å². The summed E-state index contributed by atoms with van der Waals surface area (Å²) in [7, 11) is 0. The van der Waals surface area contributed by atoms with Gasteiger partial charge in [-0.25, -0.2) is 9.37 Å². The van der Waals surface area contributed by atoms with E-state index in [4.69, 9.17) is 0 Å². The Balaban J connectivity index is 1.43. The number of amides is 1. The predicted molar refractivity (Wildman–Crippen MR) is 116 cm³/mol. The maximum absolute atomic E-state index is 14.0. The first-order valence-electron chi connectivity index (χ1n) is 10.4. The summed E-state index contributed by atoms with van der Waals surface area (Å²) in [5.74, 6) is -0.183. The highest BCUT2D eigenvalue weighted by molar-refractivity contribution is 9.10. The Labute approximate surface area is 197 Å². The molecule has 0 spiro atoms. The van der Waals surface area contributed by atoms with Crippen molar-refractivity contribution in [3.63, 3.8) is 0 Å². The number of imidazole rings is 1. The number of nitrogens with one attached hydrogen (secondary N) is 1. The van der Waals surface area contributed by atoms with Crippen LogP contribution in [0.25, 0.3) is 16.7 Å². The van der Waals surface area contributed by atoms with Gasteiger partial charge in [-0.05, 0) is 59.0 Å². The summed E-state index contributed by atoms with van der Waals surface area (Å²) in [4.78, 5) is 24.2.